The Labute approximate surface area is 124 Å². The molecule has 1 aromatic heterocycles. The molecule has 0 radical (unpaired) electrons. The standard InChI is InChI=1S/C13H22N2O3S2/c1-10-8-19-11(7-14-2)12(10)20(16,17)15-9-13(18-3)5-4-6-13/h8,14-15H,4-7,9H2,1-3H3. The molecule has 5 nitrogen and oxygen atoms in total. The highest BCUT2D eigenvalue weighted by Crippen LogP contribution is 2.35. The first-order valence-corrected chi connectivity index (χ1v) is 9.07. The predicted molar refractivity (Wildman–Crippen MR) is 80.6 cm³/mol. The van der Waals surface area contributed by atoms with Crippen molar-refractivity contribution in [2.24, 2.45) is 0 Å². The minimum absolute atomic E-state index is 0.305. The number of nitrogens with one attached hydrogen (secondary N) is 2. The first-order chi connectivity index (χ1) is 9.44. The second kappa shape index (κ2) is 6.11. The van der Waals surface area contributed by atoms with Crippen molar-refractivity contribution < 1.29 is 13.2 Å². The monoisotopic (exact) mass is 318 g/mol. The van der Waals surface area contributed by atoms with Gasteiger partial charge in [-0.2, -0.15) is 0 Å². The van der Waals surface area contributed by atoms with Gasteiger partial charge in [0.25, 0.3) is 0 Å². The molecule has 0 spiro atoms. The molecule has 1 heterocycles. The Hall–Kier alpha value is -0.470. The highest BCUT2D eigenvalue weighted by atomic mass is 32.2. The molecule has 0 amide bonds. The average molecular weight is 318 g/mol. The van der Waals surface area contributed by atoms with Gasteiger partial charge in [-0.15, -0.1) is 11.3 Å². The number of rotatable bonds is 7. The second-order valence-corrected chi connectivity index (χ2v) is 7.93. The summed E-state index contributed by atoms with van der Waals surface area (Å²) in [7, 11) is -0.0183. The quantitative estimate of drug-likeness (QED) is 0.802. The molecule has 0 bridgehead atoms. The summed E-state index contributed by atoms with van der Waals surface area (Å²) >= 11 is 1.47. The molecule has 0 atom stereocenters. The minimum Gasteiger partial charge on any atom is -0.377 e. The third kappa shape index (κ3) is 3.07. The molecule has 0 aromatic carbocycles. The van der Waals surface area contributed by atoms with E-state index in [0.29, 0.717) is 18.0 Å². The van der Waals surface area contributed by atoms with Gasteiger partial charge in [0, 0.05) is 25.1 Å². The molecule has 2 N–H and O–H groups in total. The van der Waals surface area contributed by atoms with Gasteiger partial charge in [0.15, 0.2) is 0 Å². The maximum absolute atomic E-state index is 12.5. The molecular formula is C13H22N2O3S2. The smallest absolute Gasteiger partial charge is 0.242 e. The van der Waals surface area contributed by atoms with Gasteiger partial charge in [-0.1, -0.05) is 0 Å². The Bertz CT molecular complexity index is 557. The van der Waals surface area contributed by atoms with E-state index >= 15 is 0 Å². The molecule has 1 aliphatic carbocycles. The van der Waals surface area contributed by atoms with Crippen LogP contribution in [0.1, 0.15) is 29.7 Å². The zero-order valence-corrected chi connectivity index (χ0v) is 13.8. The van der Waals surface area contributed by atoms with Gasteiger partial charge < -0.3 is 10.1 Å². The van der Waals surface area contributed by atoms with E-state index in [1.165, 1.54) is 11.3 Å². The molecule has 1 aliphatic rings. The Morgan fingerprint density at radius 3 is 2.65 bits per heavy atom. The van der Waals surface area contributed by atoms with Gasteiger partial charge in [-0.05, 0) is 44.2 Å². The van der Waals surface area contributed by atoms with Crippen molar-refractivity contribution in [2.45, 2.75) is 43.2 Å². The average Bonchev–Trinajstić information content (AvgIpc) is 2.71. The summed E-state index contributed by atoms with van der Waals surface area (Å²) in [6.45, 7) is 2.74. The van der Waals surface area contributed by atoms with Gasteiger partial charge in [0.1, 0.15) is 4.90 Å². The molecule has 1 aromatic rings. The maximum Gasteiger partial charge on any atom is 0.242 e. The number of aryl methyl sites for hydroxylation is 1. The zero-order chi connectivity index (χ0) is 14.8. The van der Waals surface area contributed by atoms with Crippen molar-refractivity contribution >= 4 is 21.4 Å². The Balaban J connectivity index is 2.16. The van der Waals surface area contributed by atoms with Crippen LogP contribution >= 0.6 is 11.3 Å². The molecule has 0 aliphatic heterocycles. The summed E-state index contributed by atoms with van der Waals surface area (Å²) in [6, 6.07) is 0. The first-order valence-electron chi connectivity index (χ1n) is 6.70. The lowest BCUT2D eigenvalue weighted by Crippen LogP contribution is -2.49. The van der Waals surface area contributed by atoms with Crippen molar-refractivity contribution in [3.63, 3.8) is 0 Å². The normalized spacial score (nSPS) is 17.9. The molecular weight excluding hydrogens is 296 g/mol. The van der Waals surface area contributed by atoms with Crippen molar-refractivity contribution in [2.75, 3.05) is 20.7 Å². The lowest BCUT2D eigenvalue weighted by atomic mass is 9.80. The zero-order valence-electron chi connectivity index (χ0n) is 12.2. The Morgan fingerprint density at radius 1 is 1.45 bits per heavy atom. The van der Waals surface area contributed by atoms with Gasteiger partial charge in [-0.3, -0.25) is 0 Å². The fraction of sp³-hybridized carbons (Fsp3) is 0.692. The summed E-state index contributed by atoms with van der Waals surface area (Å²) < 4.78 is 33.2. The van der Waals surface area contributed by atoms with Crippen LogP contribution in [0.25, 0.3) is 0 Å². The fourth-order valence-electron chi connectivity index (χ4n) is 2.45. The Kier molecular flexibility index (Phi) is 4.86. The second-order valence-electron chi connectivity index (χ2n) is 5.27. The lowest BCUT2D eigenvalue weighted by molar-refractivity contribution is -0.0659. The summed E-state index contributed by atoms with van der Waals surface area (Å²) in [5.74, 6) is 0. The van der Waals surface area contributed by atoms with E-state index in [-0.39, 0.29) is 5.60 Å². The van der Waals surface area contributed by atoms with Gasteiger partial charge in [-0.25, -0.2) is 13.1 Å². The number of hydrogen-bond acceptors (Lipinski definition) is 5. The molecule has 1 saturated carbocycles. The number of ether oxygens (including phenoxy) is 1. The van der Waals surface area contributed by atoms with Crippen molar-refractivity contribution in [3.8, 4) is 0 Å². The third-order valence-electron chi connectivity index (χ3n) is 3.88. The molecule has 1 fully saturated rings. The van der Waals surface area contributed by atoms with Crippen LogP contribution in [0, 0.1) is 6.92 Å². The number of hydrogen-bond donors (Lipinski definition) is 2. The van der Waals surface area contributed by atoms with Crippen LogP contribution in [-0.2, 0) is 21.3 Å². The summed E-state index contributed by atoms with van der Waals surface area (Å²) in [5, 5.41) is 4.89. The number of sulfonamides is 1. The van der Waals surface area contributed by atoms with Gasteiger partial charge in [0.2, 0.25) is 10.0 Å². The van der Waals surface area contributed by atoms with E-state index in [4.69, 9.17) is 4.74 Å². The highest BCUT2D eigenvalue weighted by molar-refractivity contribution is 7.89. The predicted octanol–water partition coefficient (Wildman–Crippen LogP) is 1.62. The number of thiophene rings is 1. The largest absolute Gasteiger partial charge is 0.377 e. The van der Waals surface area contributed by atoms with Crippen LogP contribution in [0.15, 0.2) is 10.3 Å². The van der Waals surface area contributed by atoms with Crippen LogP contribution in [0.3, 0.4) is 0 Å². The topological polar surface area (TPSA) is 67.4 Å². The summed E-state index contributed by atoms with van der Waals surface area (Å²) in [4.78, 5) is 1.26. The van der Waals surface area contributed by atoms with E-state index < -0.39 is 10.0 Å². The first kappa shape index (κ1) is 15.9. The van der Waals surface area contributed by atoms with Crippen molar-refractivity contribution in [1.29, 1.82) is 0 Å². The van der Waals surface area contributed by atoms with E-state index in [1.54, 1.807) is 7.11 Å². The molecule has 2 rings (SSSR count). The summed E-state index contributed by atoms with van der Waals surface area (Å²) in [5.41, 5.74) is 0.494. The summed E-state index contributed by atoms with van der Waals surface area (Å²) in [6.07, 6.45) is 2.92. The maximum atomic E-state index is 12.5. The lowest BCUT2D eigenvalue weighted by Gasteiger charge is -2.40. The molecule has 0 unspecified atom stereocenters. The van der Waals surface area contributed by atoms with Crippen LogP contribution in [-0.4, -0.2) is 34.7 Å². The SMILES string of the molecule is CNCc1scc(C)c1S(=O)(=O)NCC1(OC)CCC1. The van der Waals surface area contributed by atoms with Crippen molar-refractivity contribution in [3.05, 3.63) is 15.8 Å². The van der Waals surface area contributed by atoms with Gasteiger partial charge >= 0.3 is 0 Å². The fourth-order valence-corrected chi connectivity index (χ4v) is 5.39. The third-order valence-corrected chi connectivity index (χ3v) is 6.74. The molecule has 7 heteroatoms. The highest BCUT2D eigenvalue weighted by Gasteiger charge is 2.38. The van der Waals surface area contributed by atoms with E-state index in [1.807, 2.05) is 19.4 Å². The van der Waals surface area contributed by atoms with E-state index in [9.17, 15) is 8.42 Å². The molecule has 0 saturated heterocycles. The van der Waals surface area contributed by atoms with Crippen LogP contribution in [0.2, 0.25) is 0 Å². The molecule has 20 heavy (non-hydrogen) atoms. The van der Waals surface area contributed by atoms with E-state index in [0.717, 1.165) is 29.7 Å². The van der Waals surface area contributed by atoms with E-state index in [2.05, 4.69) is 10.0 Å². The van der Waals surface area contributed by atoms with Crippen LogP contribution in [0.4, 0.5) is 0 Å². The molecule has 114 valence electrons. The van der Waals surface area contributed by atoms with Crippen LogP contribution < -0.4 is 10.0 Å². The minimum atomic E-state index is -3.48. The van der Waals surface area contributed by atoms with Gasteiger partial charge in [0.05, 0.1) is 5.60 Å². The Morgan fingerprint density at radius 2 is 2.15 bits per heavy atom. The van der Waals surface area contributed by atoms with Crippen molar-refractivity contribution in [1.82, 2.24) is 10.0 Å². The number of methoxy groups -OCH3 is 1. The van der Waals surface area contributed by atoms with Crippen LogP contribution in [0.5, 0.6) is 0 Å².